The van der Waals surface area contributed by atoms with Crippen LogP contribution in [0, 0.1) is 18.8 Å². The second-order valence-electron chi connectivity index (χ2n) is 4.21. The van der Waals surface area contributed by atoms with Gasteiger partial charge in [-0.05, 0) is 31.5 Å². The lowest BCUT2D eigenvalue weighted by Gasteiger charge is -2.09. The van der Waals surface area contributed by atoms with Crippen molar-refractivity contribution >= 4 is 5.91 Å². The van der Waals surface area contributed by atoms with Crippen molar-refractivity contribution in [2.45, 2.75) is 20.3 Å². The average Bonchev–Trinajstić information content (AvgIpc) is 2.45. The highest BCUT2D eigenvalue weighted by molar-refractivity contribution is 5.96. The van der Waals surface area contributed by atoms with Gasteiger partial charge in [0.2, 0.25) is 0 Å². The lowest BCUT2D eigenvalue weighted by molar-refractivity contribution is 0.0922. The van der Waals surface area contributed by atoms with E-state index in [2.05, 4.69) is 17.2 Å². The Kier molecular flexibility index (Phi) is 7.41. The van der Waals surface area contributed by atoms with Gasteiger partial charge in [-0.3, -0.25) is 4.79 Å². The Bertz CT molecular complexity index is 500. The fraction of sp³-hybridized carbons (Fsp3) is 0.438. The van der Waals surface area contributed by atoms with Crippen LogP contribution in [0.15, 0.2) is 18.2 Å². The Hall–Kier alpha value is -1.83. The van der Waals surface area contributed by atoms with E-state index in [0.717, 1.165) is 11.1 Å². The van der Waals surface area contributed by atoms with Crippen molar-refractivity contribution in [2.24, 2.45) is 0 Å². The van der Waals surface area contributed by atoms with Crippen LogP contribution in [-0.4, -0.2) is 37.4 Å². The molecule has 0 radical (unpaired) electrons. The van der Waals surface area contributed by atoms with Crippen LogP contribution in [0.1, 0.15) is 34.8 Å². The van der Waals surface area contributed by atoms with E-state index in [1.807, 2.05) is 26.0 Å². The summed E-state index contributed by atoms with van der Waals surface area (Å²) in [7, 11) is 0. The first-order valence-electron chi connectivity index (χ1n) is 6.76. The molecule has 0 saturated carbocycles. The fourth-order valence-corrected chi connectivity index (χ4v) is 1.71. The van der Waals surface area contributed by atoms with Crippen LogP contribution in [0.4, 0.5) is 0 Å². The minimum absolute atomic E-state index is 0.0453. The van der Waals surface area contributed by atoms with Gasteiger partial charge in [-0.25, -0.2) is 0 Å². The molecule has 108 valence electrons. The van der Waals surface area contributed by atoms with E-state index >= 15 is 0 Å². The van der Waals surface area contributed by atoms with Crippen molar-refractivity contribution in [3.63, 3.8) is 0 Å². The van der Waals surface area contributed by atoms with E-state index < -0.39 is 0 Å². The highest BCUT2D eigenvalue weighted by atomic mass is 16.5. The molecule has 0 atom stereocenters. The molecular formula is C16H21NO3. The average molecular weight is 275 g/mol. The molecule has 1 amide bonds. The van der Waals surface area contributed by atoms with Gasteiger partial charge in [-0.1, -0.05) is 17.9 Å². The molecule has 4 nitrogen and oxygen atoms in total. The summed E-state index contributed by atoms with van der Waals surface area (Å²) in [5.74, 6) is 5.72. The molecule has 0 saturated heterocycles. The van der Waals surface area contributed by atoms with Crippen molar-refractivity contribution in [1.82, 2.24) is 5.32 Å². The van der Waals surface area contributed by atoms with Gasteiger partial charge in [0.25, 0.3) is 5.91 Å². The molecular weight excluding hydrogens is 254 g/mol. The van der Waals surface area contributed by atoms with Gasteiger partial charge in [0.15, 0.2) is 0 Å². The van der Waals surface area contributed by atoms with Gasteiger partial charge in [0.05, 0.1) is 13.2 Å². The molecule has 2 N–H and O–H groups in total. The molecule has 0 aliphatic rings. The number of hydrogen-bond donors (Lipinski definition) is 2. The summed E-state index contributed by atoms with van der Waals surface area (Å²) in [5.41, 5.74) is 2.29. The zero-order chi connectivity index (χ0) is 14.8. The zero-order valence-electron chi connectivity index (χ0n) is 12.0. The van der Waals surface area contributed by atoms with Crippen molar-refractivity contribution in [2.75, 3.05) is 26.4 Å². The number of aliphatic hydroxyl groups is 1. The zero-order valence-corrected chi connectivity index (χ0v) is 12.0. The normalized spacial score (nSPS) is 9.75. The molecule has 1 aromatic rings. The molecule has 0 heterocycles. The summed E-state index contributed by atoms with van der Waals surface area (Å²) in [6, 6.07) is 5.46. The summed E-state index contributed by atoms with van der Waals surface area (Å²) >= 11 is 0. The molecule has 0 spiro atoms. The predicted octanol–water partition coefficient (Wildman–Crippen LogP) is 1.50. The summed E-state index contributed by atoms with van der Waals surface area (Å²) in [6.45, 7) is 5.49. The number of rotatable bonds is 6. The van der Waals surface area contributed by atoms with Crippen LogP contribution >= 0.6 is 0 Å². The van der Waals surface area contributed by atoms with Crippen molar-refractivity contribution in [3.05, 3.63) is 34.9 Å². The van der Waals surface area contributed by atoms with E-state index in [0.29, 0.717) is 31.7 Å². The molecule has 4 heteroatoms. The maximum absolute atomic E-state index is 12.1. The standard InChI is InChI=1S/C16H21NO3/c1-3-20-12-10-17-16(19)15-9-6-8-14(13(15)2)7-4-5-11-18/h6,8-9,18H,3,5,10-12H2,1-2H3,(H,17,19). The Morgan fingerprint density at radius 2 is 2.25 bits per heavy atom. The molecule has 0 aromatic heterocycles. The number of benzene rings is 1. The van der Waals surface area contributed by atoms with E-state index in [9.17, 15) is 4.79 Å². The van der Waals surface area contributed by atoms with E-state index in [1.165, 1.54) is 0 Å². The number of amides is 1. The van der Waals surface area contributed by atoms with E-state index in [4.69, 9.17) is 9.84 Å². The summed E-state index contributed by atoms with van der Waals surface area (Å²) in [4.78, 5) is 12.1. The SMILES string of the molecule is CCOCCNC(=O)c1cccc(C#CCCO)c1C. The second kappa shape index (κ2) is 9.13. The van der Waals surface area contributed by atoms with Gasteiger partial charge in [-0.15, -0.1) is 0 Å². The molecule has 0 aliphatic heterocycles. The van der Waals surface area contributed by atoms with Gasteiger partial charge in [0.1, 0.15) is 0 Å². The first-order chi connectivity index (χ1) is 9.70. The lowest BCUT2D eigenvalue weighted by atomic mass is 10.0. The van der Waals surface area contributed by atoms with Gasteiger partial charge < -0.3 is 15.2 Å². The second-order valence-corrected chi connectivity index (χ2v) is 4.21. The summed E-state index contributed by atoms with van der Waals surface area (Å²) in [5, 5.41) is 11.5. The van der Waals surface area contributed by atoms with E-state index in [1.54, 1.807) is 6.07 Å². The Balaban J connectivity index is 2.73. The predicted molar refractivity (Wildman–Crippen MR) is 78.6 cm³/mol. The minimum Gasteiger partial charge on any atom is -0.395 e. The lowest BCUT2D eigenvalue weighted by Crippen LogP contribution is -2.28. The third-order valence-corrected chi connectivity index (χ3v) is 2.77. The maximum Gasteiger partial charge on any atom is 0.251 e. The van der Waals surface area contributed by atoms with Crippen molar-refractivity contribution < 1.29 is 14.6 Å². The molecule has 20 heavy (non-hydrogen) atoms. The first-order valence-corrected chi connectivity index (χ1v) is 6.76. The topological polar surface area (TPSA) is 58.6 Å². The molecule has 0 bridgehead atoms. The van der Waals surface area contributed by atoms with Crippen molar-refractivity contribution in [3.8, 4) is 11.8 Å². The highest BCUT2D eigenvalue weighted by Crippen LogP contribution is 2.12. The molecule has 0 unspecified atom stereocenters. The van der Waals surface area contributed by atoms with Crippen LogP contribution in [-0.2, 0) is 4.74 Å². The summed E-state index contributed by atoms with van der Waals surface area (Å²) < 4.78 is 5.18. The third kappa shape index (κ3) is 5.04. The van der Waals surface area contributed by atoms with Gasteiger partial charge in [-0.2, -0.15) is 0 Å². The quantitative estimate of drug-likeness (QED) is 0.611. The van der Waals surface area contributed by atoms with Crippen LogP contribution < -0.4 is 5.32 Å². The fourth-order valence-electron chi connectivity index (χ4n) is 1.71. The number of nitrogens with one attached hydrogen (secondary N) is 1. The molecule has 1 aromatic carbocycles. The van der Waals surface area contributed by atoms with Crippen LogP contribution in [0.5, 0.6) is 0 Å². The summed E-state index contributed by atoms with van der Waals surface area (Å²) in [6.07, 6.45) is 0.435. The van der Waals surface area contributed by atoms with Gasteiger partial charge in [0, 0.05) is 30.7 Å². The number of carbonyl (C=O) groups is 1. The number of carbonyl (C=O) groups excluding carboxylic acids is 1. The Morgan fingerprint density at radius 1 is 1.45 bits per heavy atom. The molecule has 0 aliphatic carbocycles. The van der Waals surface area contributed by atoms with Crippen molar-refractivity contribution in [1.29, 1.82) is 0 Å². The molecule has 0 fully saturated rings. The van der Waals surface area contributed by atoms with Crippen LogP contribution in [0.25, 0.3) is 0 Å². The van der Waals surface area contributed by atoms with Crippen LogP contribution in [0.2, 0.25) is 0 Å². The van der Waals surface area contributed by atoms with E-state index in [-0.39, 0.29) is 12.5 Å². The Morgan fingerprint density at radius 3 is 2.95 bits per heavy atom. The number of aliphatic hydroxyl groups excluding tert-OH is 1. The smallest absolute Gasteiger partial charge is 0.251 e. The minimum atomic E-state index is -0.118. The highest BCUT2D eigenvalue weighted by Gasteiger charge is 2.10. The first kappa shape index (κ1) is 16.2. The largest absolute Gasteiger partial charge is 0.395 e. The maximum atomic E-state index is 12.1. The Labute approximate surface area is 120 Å². The van der Waals surface area contributed by atoms with Gasteiger partial charge >= 0.3 is 0 Å². The monoisotopic (exact) mass is 275 g/mol. The van der Waals surface area contributed by atoms with Crippen LogP contribution in [0.3, 0.4) is 0 Å². The third-order valence-electron chi connectivity index (χ3n) is 2.77. The number of hydrogen-bond acceptors (Lipinski definition) is 3. The molecule has 1 rings (SSSR count). The number of ether oxygens (including phenoxy) is 1.